The van der Waals surface area contributed by atoms with E-state index >= 15 is 0 Å². The molecule has 1 aromatic carbocycles. The molecule has 0 radical (unpaired) electrons. The van der Waals surface area contributed by atoms with Crippen molar-refractivity contribution in [3.8, 4) is 0 Å². The average molecular weight is 477 g/mol. The standard InChI is InChI=1S/C23H23N7O5/c1-13(22(33)29-8-3-9-29)26-21(32)17-11-15(27-19-6-7-25-30(17)19)20(31)24-12-14-4-5-18-16(10-14)28(2)23(34)35-18/h4-7,10-11,13H,3,8-9,12H2,1-2H3,(H,24,31)(H,26,32)/t13-/m0/s1. The Labute approximate surface area is 198 Å². The zero-order chi connectivity index (χ0) is 24.7. The number of aromatic nitrogens is 4. The molecule has 2 N–H and O–H groups in total. The SMILES string of the molecule is C[C@H](NC(=O)c1cc(C(=O)NCc2ccc3oc(=O)n(C)c3c2)nc2ccnn12)C(=O)N1CCC1. The number of benzene rings is 1. The van der Waals surface area contributed by atoms with Gasteiger partial charge in [0.2, 0.25) is 5.91 Å². The summed E-state index contributed by atoms with van der Waals surface area (Å²) in [6.07, 6.45) is 2.43. The van der Waals surface area contributed by atoms with Crippen LogP contribution in [0, 0.1) is 0 Å². The molecular weight excluding hydrogens is 454 g/mol. The molecule has 12 nitrogen and oxygen atoms in total. The zero-order valence-electron chi connectivity index (χ0n) is 19.1. The maximum atomic E-state index is 13.0. The number of carbonyl (C=O) groups excluding carboxylic acids is 3. The van der Waals surface area contributed by atoms with Gasteiger partial charge in [-0.25, -0.2) is 14.3 Å². The number of rotatable bonds is 6. The van der Waals surface area contributed by atoms with Crippen LogP contribution in [0.3, 0.4) is 0 Å². The lowest BCUT2D eigenvalue weighted by molar-refractivity contribution is -0.136. The van der Waals surface area contributed by atoms with Crippen molar-refractivity contribution in [3.63, 3.8) is 0 Å². The summed E-state index contributed by atoms with van der Waals surface area (Å²) in [5.74, 6) is -1.65. The maximum Gasteiger partial charge on any atom is 0.419 e. The quantitative estimate of drug-likeness (QED) is 0.410. The molecule has 0 aliphatic carbocycles. The van der Waals surface area contributed by atoms with Crippen LogP contribution in [0.2, 0.25) is 0 Å². The Morgan fingerprint density at radius 1 is 1.14 bits per heavy atom. The van der Waals surface area contributed by atoms with E-state index in [9.17, 15) is 19.2 Å². The first-order valence-electron chi connectivity index (χ1n) is 11.1. The molecule has 1 aliphatic heterocycles. The van der Waals surface area contributed by atoms with Crippen LogP contribution in [0.4, 0.5) is 0 Å². The van der Waals surface area contributed by atoms with E-state index in [1.54, 1.807) is 43.1 Å². The van der Waals surface area contributed by atoms with Crippen LogP contribution < -0.4 is 16.4 Å². The fourth-order valence-electron chi connectivity index (χ4n) is 3.89. The van der Waals surface area contributed by atoms with Gasteiger partial charge in [-0.1, -0.05) is 6.07 Å². The number of likely N-dealkylation sites (tertiary alicyclic amines) is 1. The van der Waals surface area contributed by atoms with Crippen molar-refractivity contribution in [1.82, 2.24) is 34.7 Å². The van der Waals surface area contributed by atoms with Gasteiger partial charge in [0.1, 0.15) is 17.4 Å². The second-order valence-corrected chi connectivity index (χ2v) is 8.41. The molecule has 4 heterocycles. The van der Waals surface area contributed by atoms with Crippen LogP contribution in [0.25, 0.3) is 16.7 Å². The van der Waals surface area contributed by atoms with E-state index < -0.39 is 23.6 Å². The number of aryl methyl sites for hydroxylation is 1. The Balaban J connectivity index is 1.34. The lowest BCUT2D eigenvalue weighted by Gasteiger charge is -2.33. The Morgan fingerprint density at radius 3 is 2.69 bits per heavy atom. The predicted molar refractivity (Wildman–Crippen MR) is 124 cm³/mol. The van der Waals surface area contributed by atoms with Crippen LogP contribution in [0.5, 0.6) is 0 Å². The molecule has 1 saturated heterocycles. The van der Waals surface area contributed by atoms with E-state index in [-0.39, 0.29) is 23.8 Å². The van der Waals surface area contributed by atoms with Gasteiger partial charge in [0, 0.05) is 38.8 Å². The number of hydrogen-bond donors (Lipinski definition) is 2. The Hall–Kier alpha value is -4.48. The molecule has 1 fully saturated rings. The van der Waals surface area contributed by atoms with Crippen LogP contribution in [-0.2, 0) is 18.4 Å². The molecular formula is C23H23N7O5. The number of amides is 3. The molecule has 35 heavy (non-hydrogen) atoms. The lowest BCUT2D eigenvalue weighted by Crippen LogP contribution is -2.52. The molecule has 1 aliphatic rings. The summed E-state index contributed by atoms with van der Waals surface area (Å²) >= 11 is 0. The highest BCUT2D eigenvalue weighted by Crippen LogP contribution is 2.15. The second kappa shape index (κ2) is 8.70. The second-order valence-electron chi connectivity index (χ2n) is 8.41. The molecule has 4 aromatic rings. The third kappa shape index (κ3) is 4.14. The average Bonchev–Trinajstić information content (AvgIpc) is 3.39. The van der Waals surface area contributed by atoms with Crippen LogP contribution in [0.15, 0.2) is 45.7 Å². The van der Waals surface area contributed by atoms with Gasteiger partial charge in [-0.2, -0.15) is 5.10 Å². The highest BCUT2D eigenvalue weighted by Gasteiger charge is 2.27. The number of nitrogens with zero attached hydrogens (tertiary/aromatic N) is 5. The van der Waals surface area contributed by atoms with Crippen molar-refractivity contribution in [2.24, 2.45) is 7.05 Å². The summed E-state index contributed by atoms with van der Waals surface area (Å²) in [7, 11) is 1.60. The summed E-state index contributed by atoms with van der Waals surface area (Å²) in [5, 5.41) is 9.58. The monoisotopic (exact) mass is 477 g/mol. The van der Waals surface area contributed by atoms with E-state index in [1.165, 1.54) is 21.3 Å². The number of oxazole rings is 1. The Morgan fingerprint density at radius 2 is 1.94 bits per heavy atom. The summed E-state index contributed by atoms with van der Waals surface area (Å²) in [6, 6.07) is 7.37. The number of fused-ring (bicyclic) bond motifs is 2. The number of hydrogen-bond acceptors (Lipinski definition) is 7. The summed E-state index contributed by atoms with van der Waals surface area (Å²) < 4.78 is 7.83. The maximum absolute atomic E-state index is 13.0. The van der Waals surface area contributed by atoms with Crippen LogP contribution >= 0.6 is 0 Å². The minimum absolute atomic E-state index is 0.0293. The fourth-order valence-corrected chi connectivity index (χ4v) is 3.89. The summed E-state index contributed by atoms with van der Waals surface area (Å²) in [5.41, 5.74) is 2.26. The molecule has 3 amide bonds. The Kier molecular flexibility index (Phi) is 5.55. The van der Waals surface area contributed by atoms with Gasteiger partial charge in [-0.15, -0.1) is 0 Å². The highest BCUT2D eigenvalue weighted by molar-refractivity contribution is 6.00. The van der Waals surface area contributed by atoms with E-state index in [2.05, 4.69) is 20.7 Å². The van der Waals surface area contributed by atoms with Gasteiger partial charge in [-0.05, 0) is 31.0 Å². The minimum atomic E-state index is -0.715. The normalized spacial score (nSPS) is 14.1. The van der Waals surface area contributed by atoms with Crippen molar-refractivity contribution in [2.75, 3.05) is 13.1 Å². The molecule has 180 valence electrons. The van der Waals surface area contributed by atoms with Gasteiger partial charge in [0.05, 0.1) is 11.7 Å². The van der Waals surface area contributed by atoms with Crippen LogP contribution in [-0.4, -0.2) is 60.9 Å². The van der Waals surface area contributed by atoms with E-state index in [0.29, 0.717) is 29.8 Å². The zero-order valence-corrected chi connectivity index (χ0v) is 19.1. The van der Waals surface area contributed by atoms with E-state index in [0.717, 1.165) is 12.0 Å². The lowest BCUT2D eigenvalue weighted by atomic mass is 10.1. The largest absolute Gasteiger partial charge is 0.419 e. The molecule has 0 bridgehead atoms. The first-order chi connectivity index (χ1) is 16.8. The predicted octanol–water partition coefficient (Wildman–Crippen LogP) is 0.455. The third-order valence-electron chi connectivity index (χ3n) is 6.02. The first-order valence-corrected chi connectivity index (χ1v) is 11.1. The molecule has 5 rings (SSSR count). The van der Waals surface area contributed by atoms with Gasteiger partial charge in [0.25, 0.3) is 11.8 Å². The third-order valence-corrected chi connectivity index (χ3v) is 6.02. The topological polar surface area (TPSA) is 144 Å². The highest BCUT2D eigenvalue weighted by atomic mass is 16.4. The van der Waals surface area contributed by atoms with Crippen molar-refractivity contribution in [1.29, 1.82) is 0 Å². The van der Waals surface area contributed by atoms with Crippen molar-refractivity contribution in [2.45, 2.75) is 25.9 Å². The fraction of sp³-hybridized carbons (Fsp3) is 0.304. The van der Waals surface area contributed by atoms with Gasteiger partial charge in [-0.3, -0.25) is 19.0 Å². The van der Waals surface area contributed by atoms with Gasteiger partial charge >= 0.3 is 5.76 Å². The number of carbonyl (C=O) groups is 3. The van der Waals surface area contributed by atoms with E-state index in [4.69, 9.17) is 4.42 Å². The Bertz CT molecular complexity index is 1530. The van der Waals surface area contributed by atoms with Gasteiger partial charge in [0.15, 0.2) is 11.2 Å². The molecule has 0 spiro atoms. The molecule has 0 unspecified atom stereocenters. The molecule has 12 heteroatoms. The molecule has 1 atom stereocenters. The van der Waals surface area contributed by atoms with Crippen LogP contribution in [0.1, 0.15) is 39.9 Å². The summed E-state index contributed by atoms with van der Waals surface area (Å²) in [6.45, 7) is 3.17. The smallest absolute Gasteiger partial charge is 0.408 e. The van der Waals surface area contributed by atoms with Crippen molar-refractivity contribution in [3.05, 3.63) is 64.0 Å². The number of nitrogens with one attached hydrogen (secondary N) is 2. The van der Waals surface area contributed by atoms with Crippen molar-refractivity contribution < 1.29 is 18.8 Å². The molecule has 0 saturated carbocycles. The minimum Gasteiger partial charge on any atom is -0.408 e. The van der Waals surface area contributed by atoms with E-state index in [1.807, 2.05) is 0 Å². The van der Waals surface area contributed by atoms with Gasteiger partial charge < -0.3 is 20.0 Å². The van der Waals surface area contributed by atoms with Crippen molar-refractivity contribution >= 4 is 34.5 Å². The molecule has 3 aromatic heterocycles. The summed E-state index contributed by atoms with van der Waals surface area (Å²) in [4.78, 5) is 55.9. The first kappa shape index (κ1) is 22.3.